The summed E-state index contributed by atoms with van der Waals surface area (Å²) in [7, 11) is -3.55. The molecule has 29 heavy (non-hydrogen) atoms. The normalized spacial score (nSPS) is 14.2. The molecule has 0 aromatic heterocycles. The van der Waals surface area contributed by atoms with Crippen molar-refractivity contribution in [1.82, 2.24) is 4.72 Å². The number of sulfonamides is 1. The molecule has 0 radical (unpaired) electrons. The van der Waals surface area contributed by atoms with Gasteiger partial charge in [-0.3, -0.25) is 4.79 Å². The van der Waals surface area contributed by atoms with Crippen molar-refractivity contribution in [3.8, 4) is 0 Å². The number of nitrogens with zero attached hydrogens (tertiary/aromatic N) is 1. The third-order valence-corrected chi connectivity index (χ3v) is 6.59. The maximum absolute atomic E-state index is 12.4. The number of anilines is 2. The van der Waals surface area contributed by atoms with E-state index in [9.17, 15) is 13.2 Å². The van der Waals surface area contributed by atoms with E-state index in [-0.39, 0.29) is 10.8 Å². The summed E-state index contributed by atoms with van der Waals surface area (Å²) in [5.41, 5.74) is 3.07. The van der Waals surface area contributed by atoms with E-state index < -0.39 is 10.0 Å². The van der Waals surface area contributed by atoms with Gasteiger partial charge in [0.1, 0.15) is 0 Å². The Hall–Kier alpha value is -2.38. The van der Waals surface area contributed by atoms with Crippen LogP contribution in [0.4, 0.5) is 11.4 Å². The molecule has 1 saturated heterocycles. The van der Waals surface area contributed by atoms with Crippen molar-refractivity contribution in [1.29, 1.82) is 0 Å². The standard InChI is InChI=1S/C22H29N3O3S/c1-2-22(26)24-19-9-13-21(14-10-19)29(27,28)23-15-5-6-18-7-11-20(12-8-18)25-16-3-4-17-25/h7-14,23H,2-6,15-17H2,1H3,(H,24,26). The molecule has 3 rings (SSSR count). The summed E-state index contributed by atoms with van der Waals surface area (Å²) < 4.78 is 27.5. The molecule has 0 atom stereocenters. The molecule has 1 fully saturated rings. The van der Waals surface area contributed by atoms with Crippen LogP contribution >= 0.6 is 0 Å². The molecule has 1 heterocycles. The first-order chi connectivity index (χ1) is 14.0. The maximum Gasteiger partial charge on any atom is 0.240 e. The van der Waals surface area contributed by atoms with E-state index in [0.29, 0.717) is 18.7 Å². The van der Waals surface area contributed by atoms with Crippen molar-refractivity contribution < 1.29 is 13.2 Å². The number of aryl methyl sites for hydroxylation is 1. The largest absolute Gasteiger partial charge is 0.372 e. The van der Waals surface area contributed by atoms with Gasteiger partial charge in [-0.2, -0.15) is 0 Å². The number of hydrogen-bond donors (Lipinski definition) is 2. The maximum atomic E-state index is 12.4. The van der Waals surface area contributed by atoms with Crippen LogP contribution in [0.3, 0.4) is 0 Å². The molecule has 0 aliphatic carbocycles. The molecule has 1 aliphatic rings. The summed E-state index contributed by atoms with van der Waals surface area (Å²) >= 11 is 0. The third kappa shape index (κ3) is 6.05. The highest BCUT2D eigenvalue weighted by atomic mass is 32.2. The summed E-state index contributed by atoms with van der Waals surface area (Å²) in [5.74, 6) is -0.104. The van der Waals surface area contributed by atoms with Crippen molar-refractivity contribution in [2.45, 2.75) is 43.9 Å². The second-order valence-electron chi connectivity index (χ2n) is 7.29. The first kappa shape index (κ1) is 21.3. The van der Waals surface area contributed by atoms with E-state index in [1.165, 1.54) is 36.2 Å². The van der Waals surface area contributed by atoms with Crippen LogP contribution in [0.2, 0.25) is 0 Å². The Morgan fingerprint density at radius 3 is 2.28 bits per heavy atom. The van der Waals surface area contributed by atoms with Crippen LogP contribution < -0.4 is 14.9 Å². The van der Waals surface area contributed by atoms with Crippen molar-refractivity contribution in [2.75, 3.05) is 29.9 Å². The van der Waals surface area contributed by atoms with Gasteiger partial charge in [0.05, 0.1) is 4.90 Å². The van der Waals surface area contributed by atoms with Crippen molar-refractivity contribution in [3.05, 3.63) is 54.1 Å². The van der Waals surface area contributed by atoms with E-state index in [1.54, 1.807) is 19.1 Å². The van der Waals surface area contributed by atoms with Gasteiger partial charge in [-0.05, 0) is 67.6 Å². The number of amides is 1. The predicted molar refractivity (Wildman–Crippen MR) is 117 cm³/mol. The summed E-state index contributed by atoms with van der Waals surface area (Å²) in [4.78, 5) is 14.0. The fraction of sp³-hybridized carbons (Fsp3) is 0.409. The van der Waals surface area contributed by atoms with Gasteiger partial charge >= 0.3 is 0 Å². The van der Waals surface area contributed by atoms with E-state index in [0.717, 1.165) is 25.9 Å². The summed E-state index contributed by atoms with van der Waals surface area (Å²) in [6.45, 7) is 4.41. The van der Waals surface area contributed by atoms with Gasteiger partial charge in [-0.25, -0.2) is 13.1 Å². The van der Waals surface area contributed by atoms with E-state index >= 15 is 0 Å². The highest BCUT2D eigenvalue weighted by molar-refractivity contribution is 7.89. The fourth-order valence-corrected chi connectivity index (χ4v) is 4.47. The minimum absolute atomic E-state index is 0.104. The zero-order valence-corrected chi connectivity index (χ0v) is 17.7. The monoisotopic (exact) mass is 415 g/mol. The average molecular weight is 416 g/mol. The summed E-state index contributed by atoms with van der Waals surface area (Å²) in [5, 5.41) is 2.71. The number of benzene rings is 2. The van der Waals surface area contributed by atoms with Gasteiger partial charge < -0.3 is 10.2 Å². The highest BCUT2D eigenvalue weighted by Gasteiger charge is 2.14. The van der Waals surface area contributed by atoms with Crippen molar-refractivity contribution in [3.63, 3.8) is 0 Å². The molecule has 156 valence electrons. The Labute approximate surface area is 173 Å². The SMILES string of the molecule is CCC(=O)Nc1ccc(S(=O)(=O)NCCCc2ccc(N3CCCC3)cc2)cc1. The fourth-order valence-electron chi connectivity index (χ4n) is 3.40. The lowest BCUT2D eigenvalue weighted by molar-refractivity contribution is -0.115. The smallest absolute Gasteiger partial charge is 0.240 e. The van der Waals surface area contributed by atoms with E-state index in [2.05, 4.69) is 39.2 Å². The summed E-state index contributed by atoms with van der Waals surface area (Å²) in [6, 6.07) is 14.8. The van der Waals surface area contributed by atoms with E-state index in [4.69, 9.17) is 0 Å². The molecule has 0 unspecified atom stereocenters. The number of rotatable bonds is 9. The van der Waals surface area contributed by atoms with Gasteiger partial charge in [-0.15, -0.1) is 0 Å². The van der Waals surface area contributed by atoms with Crippen LogP contribution in [0.5, 0.6) is 0 Å². The number of carbonyl (C=O) groups is 1. The minimum atomic E-state index is -3.55. The Morgan fingerprint density at radius 1 is 1.00 bits per heavy atom. The number of hydrogen-bond acceptors (Lipinski definition) is 4. The zero-order valence-electron chi connectivity index (χ0n) is 16.9. The lowest BCUT2D eigenvalue weighted by atomic mass is 10.1. The molecule has 0 saturated carbocycles. The third-order valence-electron chi connectivity index (χ3n) is 5.11. The van der Waals surface area contributed by atoms with Gasteiger partial charge in [0.2, 0.25) is 15.9 Å². The minimum Gasteiger partial charge on any atom is -0.372 e. The molecule has 1 amide bonds. The Morgan fingerprint density at radius 2 is 1.66 bits per heavy atom. The van der Waals surface area contributed by atoms with E-state index in [1.807, 2.05) is 0 Å². The molecule has 0 bridgehead atoms. The second kappa shape index (κ2) is 9.89. The number of nitrogens with one attached hydrogen (secondary N) is 2. The van der Waals surface area contributed by atoms with Crippen molar-refractivity contribution >= 4 is 27.3 Å². The quantitative estimate of drug-likeness (QED) is 0.614. The molecule has 2 N–H and O–H groups in total. The lowest BCUT2D eigenvalue weighted by Gasteiger charge is -2.17. The molecular weight excluding hydrogens is 386 g/mol. The van der Waals surface area contributed by atoms with Gasteiger partial charge in [-0.1, -0.05) is 19.1 Å². The van der Waals surface area contributed by atoms with Crippen LogP contribution in [0.15, 0.2) is 53.4 Å². The lowest BCUT2D eigenvalue weighted by Crippen LogP contribution is -2.25. The molecule has 2 aromatic carbocycles. The van der Waals surface area contributed by atoms with Crippen LogP contribution in [-0.2, 0) is 21.2 Å². The second-order valence-corrected chi connectivity index (χ2v) is 9.05. The molecule has 2 aromatic rings. The molecule has 1 aliphatic heterocycles. The predicted octanol–water partition coefficient (Wildman–Crippen LogP) is 3.55. The van der Waals surface area contributed by atoms with Gasteiger partial charge in [0, 0.05) is 37.4 Å². The Kier molecular flexibility index (Phi) is 7.28. The molecule has 0 spiro atoms. The zero-order chi connectivity index (χ0) is 20.7. The highest BCUT2D eigenvalue weighted by Crippen LogP contribution is 2.21. The van der Waals surface area contributed by atoms with Crippen LogP contribution in [-0.4, -0.2) is 34.0 Å². The van der Waals surface area contributed by atoms with Gasteiger partial charge in [0.25, 0.3) is 0 Å². The van der Waals surface area contributed by atoms with Crippen LogP contribution in [0, 0.1) is 0 Å². The molecular formula is C22H29N3O3S. The summed E-state index contributed by atoms with van der Waals surface area (Å²) in [6.07, 6.45) is 4.45. The molecule has 7 heteroatoms. The first-order valence-corrected chi connectivity index (χ1v) is 11.7. The van der Waals surface area contributed by atoms with Crippen LogP contribution in [0.25, 0.3) is 0 Å². The van der Waals surface area contributed by atoms with Gasteiger partial charge in [0.15, 0.2) is 0 Å². The molecule has 6 nitrogen and oxygen atoms in total. The number of carbonyl (C=O) groups excluding carboxylic acids is 1. The Balaban J connectivity index is 1.46. The van der Waals surface area contributed by atoms with Crippen molar-refractivity contribution in [2.24, 2.45) is 0 Å². The first-order valence-electron chi connectivity index (χ1n) is 10.2. The Bertz CT molecular complexity index is 903. The topological polar surface area (TPSA) is 78.5 Å². The van der Waals surface area contributed by atoms with Crippen LogP contribution in [0.1, 0.15) is 38.2 Å². The average Bonchev–Trinajstić information content (AvgIpc) is 3.27.